The summed E-state index contributed by atoms with van der Waals surface area (Å²) in [4.78, 5) is 34.2. The zero-order valence-electron chi connectivity index (χ0n) is 14.7. The molecule has 0 unspecified atom stereocenters. The molecule has 1 amide bonds. The molecule has 26 heavy (non-hydrogen) atoms. The van der Waals surface area contributed by atoms with Gasteiger partial charge in [0.1, 0.15) is 10.7 Å². The lowest BCUT2D eigenvalue weighted by molar-refractivity contribution is -0.116. The van der Waals surface area contributed by atoms with Crippen molar-refractivity contribution in [3.05, 3.63) is 56.4 Å². The summed E-state index contributed by atoms with van der Waals surface area (Å²) in [5.41, 5.74) is 3.10. The minimum Gasteiger partial charge on any atom is -0.326 e. The van der Waals surface area contributed by atoms with Crippen molar-refractivity contribution in [2.75, 3.05) is 5.32 Å². The van der Waals surface area contributed by atoms with Crippen LogP contribution in [0.5, 0.6) is 0 Å². The van der Waals surface area contributed by atoms with Gasteiger partial charge in [-0.05, 0) is 48.9 Å². The van der Waals surface area contributed by atoms with Gasteiger partial charge in [-0.1, -0.05) is 19.1 Å². The van der Waals surface area contributed by atoms with Gasteiger partial charge in [-0.2, -0.15) is 0 Å². The predicted molar refractivity (Wildman–Crippen MR) is 105 cm³/mol. The Balaban J connectivity index is 1.46. The zero-order chi connectivity index (χ0) is 18.1. The molecule has 2 N–H and O–H groups in total. The topological polar surface area (TPSA) is 74.8 Å². The minimum atomic E-state index is -0.0744. The molecule has 0 saturated heterocycles. The van der Waals surface area contributed by atoms with Crippen LogP contribution in [-0.4, -0.2) is 15.9 Å². The Morgan fingerprint density at radius 3 is 3.08 bits per heavy atom. The molecule has 0 spiro atoms. The molecule has 5 nitrogen and oxygen atoms in total. The Bertz CT molecular complexity index is 1040. The van der Waals surface area contributed by atoms with E-state index in [1.54, 1.807) is 11.3 Å². The lowest BCUT2D eigenvalue weighted by atomic mass is 10.1. The van der Waals surface area contributed by atoms with Crippen molar-refractivity contribution in [3.63, 3.8) is 0 Å². The second-order valence-electron chi connectivity index (χ2n) is 6.65. The van der Waals surface area contributed by atoms with Gasteiger partial charge < -0.3 is 10.3 Å². The van der Waals surface area contributed by atoms with Crippen LogP contribution in [0.25, 0.3) is 10.2 Å². The second kappa shape index (κ2) is 7.03. The number of nitrogens with zero attached hydrogens (tertiary/aromatic N) is 1. The number of amides is 1. The lowest BCUT2D eigenvalue weighted by Gasteiger charge is -2.07. The van der Waals surface area contributed by atoms with E-state index in [0.29, 0.717) is 12.2 Å². The van der Waals surface area contributed by atoms with Crippen molar-refractivity contribution in [1.29, 1.82) is 0 Å². The van der Waals surface area contributed by atoms with Crippen molar-refractivity contribution in [3.8, 4) is 0 Å². The van der Waals surface area contributed by atoms with E-state index in [-0.39, 0.29) is 17.9 Å². The van der Waals surface area contributed by atoms with Crippen molar-refractivity contribution >= 4 is 33.1 Å². The first kappa shape index (κ1) is 17.0. The number of hydrogen-bond donors (Lipinski definition) is 2. The number of carbonyl (C=O) groups is 1. The molecule has 1 aromatic carbocycles. The number of thiophene rings is 1. The fraction of sp³-hybridized carbons (Fsp3) is 0.350. The minimum absolute atomic E-state index is 0.0690. The van der Waals surface area contributed by atoms with Crippen LogP contribution in [-0.2, 0) is 30.5 Å². The number of anilines is 1. The number of carbonyl (C=O) groups excluding carboxylic acids is 1. The molecule has 2 aromatic heterocycles. The molecule has 0 atom stereocenters. The number of H-pyrrole nitrogens is 1. The normalized spacial score (nSPS) is 13.1. The largest absolute Gasteiger partial charge is 0.326 e. The fourth-order valence-corrected chi connectivity index (χ4v) is 4.77. The first-order valence-corrected chi connectivity index (χ1v) is 9.88. The van der Waals surface area contributed by atoms with Crippen LogP contribution in [0.4, 0.5) is 5.69 Å². The highest BCUT2D eigenvalue weighted by atomic mass is 32.1. The molecule has 0 aliphatic heterocycles. The van der Waals surface area contributed by atoms with Crippen LogP contribution >= 0.6 is 11.3 Å². The second-order valence-corrected chi connectivity index (χ2v) is 7.74. The molecule has 0 fully saturated rings. The number of hydrogen-bond acceptors (Lipinski definition) is 4. The summed E-state index contributed by atoms with van der Waals surface area (Å²) >= 11 is 1.62. The van der Waals surface area contributed by atoms with Crippen molar-refractivity contribution in [1.82, 2.24) is 9.97 Å². The van der Waals surface area contributed by atoms with Gasteiger partial charge in [0, 0.05) is 23.4 Å². The molecular formula is C20H21N3O2S. The standard InChI is InChI=1S/C20H21N3O2S/c1-2-12-5-3-6-13(11-12)21-17(24)10-9-16-22-19(25)18-14-7-4-8-15(14)26-20(18)23-16/h3,5-6,11H,2,4,7-10H2,1H3,(H,21,24)(H,22,23,25). The van der Waals surface area contributed by atoms with E-state index >= 15 is 0 Å². The van der Waals surface area contributed by atoms with E-state index < -0.39 is 0 Å². The van der Waals surface area contributed by atoms with Crippen LogP contribution in [0.1, 0.15) is 41.6 Å². The van der Waals surface area contributed by atoms with E-state index in [1.807, 2.05) is 24.3 Å². The maximum Gasteiger partial charge on any atom is 0.259 e. The summed E-state index contributed by atoms with van der Waals surface area (Å²) in [6.45, 7) is 2.08. The van der Waals surface area contributed by atoms with Crippen LogP contribution in [0.15, 0.2) is 29.1 Å². The summed E-state index contributed by atoms with van der Waals surface area (Å²) < 4.78 is 0. The quantitative estimate of drug-likeness (QED) is 0.723. The number of rotatable bonds is 5. The molecule has 1 aliphatic rings. The summed E-state index contributed by atoms with van der Waals surface area (Å²) in [5.74, 6) is 0.509. The van der Waals surface area contributed by atoms with Crippen LogP contribution in [0.3, 0.4) is 0 Å². The van der Waals surface area contributed by atoms with Gasteiger partial charge in [-0.25, -0.2) is 4.98 Å². The molecule has 0 radical (unpaired) electrons. The predicted octanol–water partition coefficient (Wildman–Crippen LogP) is 3.61. The van der Waals surface area contributed by atoms with Gasteiger partial charge in [0.2, 0.25) is 5.91 Å². The van der Waals surface area contributed by atoms with E-state index in [2.05, 4.69) is 22.2 Å². The number of aryl methyl sites for hydroxylation is 4. The summed E-state index contributed by atoms with van der Waals surface area (Å²) in [6, 6.07) is 7.85. The van der Waals surface area contributed by atoms with E-state index in [0.717, 1.165) is 41.6 Å². The molecular weight excluding hydrogens is 346 g/mol. The number of aromatic amines is 1. The van der Waals surface area contributed by atoms with Crippen molar-refractivity contribution < 1.29 is 4.79 Å². The Kier molecular flexibility index (Phi) is 4.59. The monoisotopic (exact) mass is 367 g/mol. The van der Waals surface area contributed by atoms with Gasteiger partial charge in [0.15, 0.2) is 0 Å². The van der Waals surface area contributed by atoms with Crippen molar-refractivity contribution in [2.24, 2.45) is 0 Å². The van der Waals surface area contributed by atoms with E-state index in [1.165, 1.54) is 16.0 Å². The third kappa shape index (κ3) is 3.29. The molecule has 3 aromatic rings. The third-order valence-corrected chi connectivity index (χ3v) is 6.02. The average Bonchev–Trinajstić information content (AvgIpc) is 3.20. The first-order valence-electron chi connectivity index (χ1n) is 9.06. The van der Waals surface area contributed by atoms with Gasteiger partial charge >= 0.3 is 0 Å². The van der Waals surface area contributed by atoms with E-state index in [4.69, 9.17) is 0 Å². The number of benzene rings is 1. The maximum absolute atomic E-state index is 12.4. The summed E-state index contributed by atoms with van der Waals surface area (Å²) in [7, 11) is 0. The summed E-state index contributed by atoms with van der Waals surface area (Å²) in [5, 5.41) is 3.67. The Labute approximate surface area is 155 Å². The first-order chi connectivity index (χ1) is 12.6. The smallest absolute Gasteiger partial charge is 0.259 e. The lowest BCUT2D eigenvalue weighted by Crippen LogP contribution is -2.16. The van der Waals surface area contributed by atoms with E-state index in [9.17, 15) is 9.59 Å². The van der Waals surface area contributed by atoms with Crippen LogP contribution < -0.4 is 10.9 Å². The number of aromatic nitrogens is 2. The number of fused-ring (bicyclic) bond motifs is 3. The molecule has 1 aliphatic carbocycles. The Morgan fingerprint density at radius 2 is 2.23 bits per heavy atom. The molecule has 0 bridgehead atoms. The van der Waals surface area contributed by atoms with Gasteiger partial charge in [-0.15, -0.1) is 11.3 Å². The zero-order valence-corrected chi connectivity index (χ0v) is 15.5. The van der Waals surface area contributed by atoms with Crippen molar-refractivity contribution in [2.45, 2.75) is 45.4 Å². The number of nitrogens with one attached hydrogen (secondary N) is 2. The molecule has 2 heterocycles. The highest BCUT2D eigenvalue weighted by Crippen LogP contribution is 2.34. The average molecular weight is 367 g/mol. The molecule has 0 saturated carbocycles. The highest BCUT2D eigenvalue weighted by molar-refractivity contribution is 7.18. The maximum atomic E-state index is 12.4. The fourth-order valence-electron chi connectivity index (χ4n) is 3.49. The van der Waals surface area contributed by atoms with Gasteiger partial charge in [0.25, 0.3) is 5.56 Å². The Hall–Kier alpha value is -2.47. The van der Waals surface area contributed by atoms with Gasteiger partial charge in [-0.3, -0.25) is 9.59 Å². The SMILES string of the molecule is CCc1cccc(NC(=O)CCc2nc3sc4c(c3c(=O)[nH]2)CCC4)c1. The highest BCUT2D eigenvalue weighted by Gasteiger charge is 2.21. The van der Waals surface area contributed by atoms with Crippen LogP contribution in [0.2, 0.25) is 0 Å². The Morgan fingerprint density at radius 1 is 1.35 bits per heavy atom. The third-order valence-electron chi connectivity index (χ3n) is 4.83. The molecule has 134 valence electrons. The van der Waals surface area contributed by atoms with Crippen LogP contribution in [0, 0.1) is 0 Å². The molecule has 6 heteroatoms. The van der Waals surface area contributed by atoms with Gasteiger partial charge in [0.05, 0.1) is 5.39 Å². The molecule has 4 rings (SSSR count). The summed E-state index contributed by atoms with van der Waals surface area (Å²) in [6.07, 6.45) is 4.78.